The predicted octanol–water partition coefficient (Wildman–Crippen LogP) is 8.36. The molecule has 9 aliphatic heterocycles. The molecule has 8 aromatic heterocycles. The van der Waals surface area contributed by atoms with Crippen molar-refractivity contribution in [2.45, 2.75) is 197 Å². The molecule has 13 aliphatic rings. The molecule has 21 rings (SSSR count). The molecule has 0 unspecified atom stereocenters. The summed E-state index contributed by atoms with van der Waals surface area (Å²) in [5.41, 5.74) is 44.3. The Hall–Kier alpha value is -10.7. The van der Waals surface area contributed by atoms with Crippen molar-refractivity contribution in [3.05, 3.63) is 186 Å². The van der Waals surface area contributed by atoms with Crippen LogP contribution in [-0.4, -0.2) is 194 Å². The van der Waals surface area contributed by atoms with Crippen LogP contribution in [0.5, 0.6) is 0 Å². The highest BCUT2D eigenvalue weighted by Crippen LogP contribution is 2.56. The molecule has 4 saturated carbocycles. The number of alkyl halides is 7. The third-order valence-corrected chi connectivity index (χ3v) is 30.3. The number of aliphatic imine (C=N–C) groups is 4. The van der Waals surface area contributed by atoms with E-state index in [2.05, 4.69) is 50.1 Å². The molecule has 0 aromatic carbocycles. The minimum atomic E-state index is -4.21. The second-order valence-corrected chi connectivity index (χ2v) is 38.3. The fraction of sp³-hybridized carbons (Fsp3) is 0.551. The van der Waals surface area contributed by atoms with Gasteiger partial charge in [-0.1, -0.05) is 23.2 Å². The molecule has 130 heavy (non-hydrogen) atoms. The van der Waals surface area contributed by atoms with Crippen molar-refractivity contribution >= 4 is 87.3 Å². The number of anilines is 7. The van der Waals surface area contributed by atoms with Crippen LogP contribution >= 0.6 is 23.2 Å². The van der Waals surface area contributed by atoms with Gasteiger partial charge in [0.25, 0.3) is 22.2 Å². The first-order chi connectivity index (χ1) is 61.8. The van der Waals surface area contributed by atoms with Crippen LogP contribution in [0, 0.1) is 34.5 Å². The number of nitrogens with zero attached hydrogens (tertiary/aromatic N) is 20. The van der Waals surface area contributed by atoms with Gasteiger partial charge in [-0.25, -0.2) is 52.4 Å². The number of hydrogen-bond donors (Lipinski definition) is 7. The van der Waals surface area contributed by atoms with Gasteiger partial charge in [-0.2, -0.15) is 13.2 Å². The maximum atomic E-state index is 14.0. The number of aryl methyl sites for hydroxylation is 1. The summed E-state index contributed by atoms with van der Waals surface area (Å²) in [6.07, 6.45) is 7.53. The molecule has 8 aromatic rings. The van der Waals surface area contributed by atoms with Gasteiger partial charge in [-0.15, -0.1) is 0 Å². The van der Waals surface area contributed by atoms with Gasteiger partial charge in [0.2, 0.25) is 35.6 Å². The molecule has 5 saturated heterocycles. The number of aromatic nitrogens is 12. The van der Waals surface area contributed by atoms with E-state index in [1.807, 2.05) is 46.7 Å². The van der Waals surface area contributed by atoms with Gasteiger partial charge in [0, 0.05) is 188 Å². The normalized spacial score (nSPS) is 24.3. The molecule has 32 nitrogen and oxygen atoms in total. The molecule has 9 fully saturated rings. The van der Waals surface area contributed by atoms with Crippen molar-refractivity contribution < 1.29 is 35.5 Å². The zero-order valence-electron chi connectivity index (χ0n) is 73.2. The number of nitrogens with two attached hydrogens (primary N) is 6. The standard InChI is InChI=1S/C24H28ClF2N7O.C23H28F3N7O.C21H26ClN7O2.C21H24F2N6O/c1-33-21(35)17-15(11-30-19(17)14-4-7-29-20(18(14)25)31-13-2-3-13)32-22(33)34-8-5-23(6-9-34)12-24(26,27)10-16(23)28;1-12-14(3-4-17(28)30-12)19-18-15(11-29-19)31-21(32(2)20(18)34)33-7-5-22(6-8-33)10-13(9-16(22)27)23(24,25)26;1-11-17(24)21(10-31-11)5-7-29(8-6-21)20-26-13-9-25-16(15(13)19(30)28(20)2)12-3-4-14(23)27-18(12)22;1-28-18(30)16-14(11-26-17(16)13-2-6-25-7-3-13)27-19(28)29-8-4-20(5-9-29)12-21(22,23)10-15(20)24/h4,7,13,16H,2-3,5-6,8-12,28H2,1H3,(H,29,31);3-4,13,16H,5-11,27H2,1-2H3,(H2,28,30);3-4,11,17H,5-10,24H2,1-2H3,(H2,23,27);2-3,6-7,15H,4-5,8-12,24H2,1H3/t16-;13-,16+;11-,17+;15-/m1001/s1. The summed E-state index contributed by atoms with van der Waals surface area (Å²) in [5.74, 6) is -3.12. The van der Waals surface area contributed by atoms with E-state index in [0.29, 0.717) is 234 Å². The molecular formula is C89H106Cl2F7N27O5. The van der Waals surface area contributed by atoms with Gasteiger partial charge in [0.1, 0.15) is 22.6 Å². The highest BCUT2D eigenvalue weighted by molar-refractivity contribution is 6.38. The first kappa shape index (κ1) is 89.9. The first-order valence-corrected chi connectivity index (χ1v) is 45.1. The molecule has 6 atom stereocenters. The predicted molar refractivity (Wildman–Crippen MR) is 482 cm³/mol. The first-order valence-electron chi connectivity index (χ1n) is 44.3. The van der Waals surface area contributed by atoms with E-state index in [-0.39, 0.29) is 96.6 Å². The van der Waals surface area contributed by atoms with Crippen molar-refractivity contribution in [1.82, 2.24) is 58.1 Å². The number of nitrogen functional groups attached to an aromatic ring is 2. The van der Waals surface area contributed by atoms with E-state index in [9.17, 15) is 49.9 Å². The van der Waals surface area contributed by atoms with Crippen LogP contribution in [0.4, 0.5) is 72.0 Å². The number of fused-ring (bicyclic) bond motifs is 4. The molecule has 13 N–H and O–H groups in total. The topological polar surface area (TPSA) is 431 Å². The van der Waals surface area contributed by atoms with Crippen LogP contribution < -0.4 is 81.6 Å². The van der Waals surface area contributed by atoms with Gasteiger partial charge >= 0.3 is 6.18 Å². The summed E-state index contributed by atoms with van der Waals surface area (Å²) in [7, 11) is 6.81. The SMILES string of the molecule is C[C@@H]1OCC2(CCN(c3nc4c(c(=O)n3C)C(c3ccc(N)nc3Cl)=NC4)CC2)[C@@H]1N.Cc1nc(N)ccc1C1=NCc2nc(N3CCC4(CC3)C[C@@H](C(F)(F)F)C[C@H]4N)n(C)c(=O)c21.Cn1c(N2CCC3(CC2)CC(F)(F)C[C@H]3N)nc2c(c1=O)C(c1ccnc(NC3CC3)c1Cl)=NC2.Cn1c(N2CCC3(CC2)CC(F)(F)C[C@H]3N)nc2c(c1=O)C(c1ccncc1)=NC2. The Morgan fingerprint density at radius 2 is 0.869 bits per heavy atom. The van der Waals surface area contributed by atoms with E-state index in [4.69, 9.17) is 82.3 Å². The second kappa shape index (κ2) is 33.8. The second-order valence-electron chi connectivity index (χ2n) is 37.6. The van der Waals surface area contributed by atoms with Crippen molar-refractivity contribution in [2.24, 2.45) is 98.7 Å². The number of hydrogen-bond acceptors (Lipinski definition) is 28. The molecule has 690 valence electrons. The van der Waals surface area contributed by atoms with Gasteiger partial charge < -0.3 is 64.1 Å². The van der Waals surface area contributed by atoms with Crippen LogP contribution in [0.1, 0.15) is 183 Å². The average Bonchev–Trinajstić information content (AvgIpc) is 1.56. The lowest BCUT2D eigenvalue weighted by Crippen LogP contribution is -2.51. The summed E-state index contributed by atoms with van der Waals surface area (Å²) in [6.45, 7) is 10.6. The number of ether oxygens (including phenoxy) is 1. The molecule has 4 aliphatic carbocycles. The minimum absolute atomic E-state index is 0.0146. The van der Waals surface area contributed by atoms with Gasteiger partial charge in [-0.05, 0) is 150 Å². The summed E-state index contributed by atoms with van der Waals surface area (Å²) in [6, 6.07) is 11.3. The smallest absolute Gasteiger partial charge is 0.384 e. The highest BCUT2D eigenvalue weighted by atomic mass is 35.5. The maximum Gasteiger partial charge on any atom is 0.391 e. The van der Waals surface area contributed by atoms with Crippen LogP contribution in [0.3, 0.4) is 0 Å². The maximum absolute atomic E-state index is 14.0. The monoisotopic (exact) mass is 1840 g/mol. The Balaban J connectivity index is 0.000000117. The van der Waals surface area contributed by atoms with Crippen LogP contribution in [-0.2, 0) is 59.1 Å². The Bertz CT molecular complexity index is 6200. The molecule has 0 radical (unpaired) electrons. The Labute approximate surface area is 753 Å². The summed E-state index contributed by atoms with van der Waals surface area (Å²) < 4.78 is 108. The van der Waals surface area contributed by atoms with Gasteiger partial charge in [0.05, 0.1) is 118 Å². The largest absolute Gasteiger partial charge is 0.391 e. The van der Waals surface area contributed by atoms with Crippen molar-refractivity contribution in [3.8, 4) is 0 Å². The number of rotatable bonds is 10. The lowest BCUT2D eigenvalue weighted by Gasteiger charge is -2.42. The number of pyridine rings is 4. The van der Waals surface area contributed by atoms with E-state index in [1.165, 1.54) is 9.13 Å². The molecule has 4 spiro atoms. The zero-order valence-corrected chi connectivity index (χ0v) is 74.7. The molecule has 0 bridgehead atoms. The molecule has 41 heteroatoms. The minimum Gasteiger partial charge on any atom is -0.384 e. The Kier molecular flexibility index (Phi) is 23.4. The quantitative estimate of drug-likeness (QED) is 0.0499. The number of nitrogens with one attached hydrogen (secondary N) is 1. The molecule has 17 heterocycles. The van der Waals surface area contributed by atoms with Crippen molar-refractivity contribution in [1.29, 1.82) is 0 Å². The lowest BCUT2D eigenvalue weighted by molar-refractivity contribution is -0.174. The fourth-order valence-electron chi connectivity index (χ4n) is 21.8. The highest BCUT2D eigenvalue weighted by Gasteiger charge is 2.59. The van der Waals surface area contributed by atoms with E-state index in [1.54, 1.807) is 80.2 Å². The third-order valence-electron chi connectivity index (χ3n) is 29.7. The summed E-state index contributed by atoms with van der Waals surface area (Å²) >= 11 is 12.9. The molecule has 0 amide bonds. The van der Waals surface area contributed by atoms with Crippen molar-refractivity contribution in [2.75, 3.05) is 95.3 Å². The number of piperidine rings is 4. The average molecular weight is 1840 g/mol. The molecular weight excluding hydrogens is 1730 g/mol. The van der Waals surface area contributed by atoms with Crippen LogP contribution in [0.15, 0.2) is 100 Å². The zero-order chi connectivity index (χ0) is 92.0. The number of halogens is 9. The Morgan fingerprint density at radius 1 is 0.477 bits per heavy atom. The van der Waals surface area contributed by atoms with Crippen LogP contribution in [0.2, 0.25) is 10.2 Å². The van der Waals surface area contributed by atoms with Gasteiger partial charge in [-0.3, -0.25) is 62.4 Å². The lowest BCUT2D eigenvalue weighted by atomic mass is 9.73. The van der Waals surface area contributed by atoms with E-state index < -0.39 is 58.3 Å². The van der Waals surface area contributed by atoms with E-state index >= 15 is 0 Å². The summed E-state index contributed by atoms with van der Waals surface area (Å²) in [4.78, 5) is 116. The Morgan fingerprint density at radius 3 is 1.25 bits per heavy atom. The van der Waals surface area contributed by atoms with Crippen molar-refractivity contribution in [3.63, 3.8) is 0 Å². The van der Waals surface area contributed by atoms with E-state index in [0.717, 1.165) is 49.9 Å². The summed E-state index contributed by atoms with van der Waals surface area (Å²) in [5, 5.41) is 3.99. The fourth-order valence-corrected chi connectivity index (χ4v) is 22.3. The van der Waals surface area contributed by atoms with Gasteiger partial charge in [0.15, 0.2) is 0 Å². The van der Waals surface area contributed by atoms with Crippen LogP contribution in [0.25, 0.3) is 0 Å². The third kappa shape index (κ3) is 16.4.